The summed E-state index contributed by atoms with van der Waals surface area (Å²) in [5.41, 5.74) is 0.821. The second-order valence-electron chi connectivity index (χ2n) is 7.08. The van der Waals surface area contributed by atoms with E-state index in [2.05, 4.69) is 5.32 Å². The fourth-order valence-corrected chi connectivity index (χ4v) is 4.42. The van der Waals surface area contributed by atoms with Crippen molar-refractivity contribution >= 4 is 23.2 Å². The molecule has 1 saturated heterocycles. The molecule has 0 bridgehead atoms. The molecule has 2 atom stereocenters. The number of benzene rings is 1. The van der Waals surface area contributed by atoms with Crippen LogP contribution in [0.2, 0.25) is 0 Å². The topological polar surface area (TPSA) is 62.6 Å². The van der Waals surface area contributed by atoms with E-state index >= 15 is 0 Å². The van der Waals surface area contributed by atoms with Crippen molar-refractivity contribution in [1.29, 1.82) is 0 Å². The van der Waals surface area contributed by atoms with Gasteiger partial charge in [-0.15, -0.1) is 11.3 Å². The summed E-state index contributed by atoms with van der Waals surface area (Å²) in [6, 6.07) is 13.0. The molecule has 1 fully saturated rings. The molecule has 5 nitrogen and oxygen atoms in total. The molecule has 1 aliphatic heterocycles. The number of halogens is 1. The molecule has 4 rings (SSSR count). The lowest BCUT2D eigenvalue weighted by Crippen LogP contribution is -2.46. The number of rotatable bonds is 5. The Kier molecular flexibility index (Phi) is 5.76. The summed E-state index contributed by atoms with van der Waals surface area (Å²) in [4.78, 5) is 28.3. The van der Waals surface area contributed by atoms with Crippen LogP contribution in [-0.4, -0.2) is 29.8 Å². The number of carbonyl (C=O) groups excluding carboxylic acids is 2. The minimum atomic E-state index is -0.348. The Bertz CT molecular complexity index is 955. The number of hydrogen-bond acceptors (Lipinski definition) is 4. The van der Waals surface area contributed by atoms with Gasteiger partial charge in [0.25, 0.3) is 5.91 Å². The van der Waals surface area contributed by atoms with Gasteiger partial charge in [0.2, 0.25) is 5.91 Å². The van der Waals surface area contributed by atoms with Crippen molar-refractivity contribution in [2.45, 2.75) is 18.9 Å². The second kappa shape index (κ2) is 8.61. The molecule has 0 saturated carbocycles. The maximum Gasteiger partial charge on any atom is 0.289 e. The fraction of sp³-hybridized carbons (Fsp3) is 0.273. The van der Waals surface area contributed by atoms with Crippen LogP contribution in [-0.2, 0) is 4.79 Å². The van der Waals surface area contributed by atoms with E-state index in [0.29, 0.717) is 19.5 Å². The average Bonchev–Trinajstić information content (AvgIpc) is 3.46. The Hall–Kier alpha value is -2.93. The third-order valence-electron chi connectivity index (χ3n) is 5.13. The number of thiophene rings is 1. The molecular weight excluding hydrogens is 391 g/mol. The first-order chi connectivity index (χ1) is 14.1. The summed E-state index contributed by atoms with van der Waals surface area (Å²) in [6.45, 7) is 0.960. The molecule has 29 heavy (non-hydrogen) atoms. The van der Waals surface area contributed by atoms with Crippen molar-refractivity contribution in [3.63, 3.8) is 0 Å². The Labute approximate surface area is 172 Å². The number of nitrogens with zero attached hydrogens (tertiary/aromatic N) is 1. The standard InChI is InChI=1S/C22H21FN2O3S/c23-17-9-7-15(8-10-17)20(19-6-3-13-29-19)24-21(26)16-4-1-11-25(14-16)22(27)18-5-2-12-28-18/h2-3,5-10,12-13,16,20H,1,4,11,14H2,(H,24,26)/t16-,20+/m1/s1. The molecule has 7 heteroatoms. The summed E-state index contributed by atoms with van der Waals surface area (Å²) in [7, 11) is 0. The molecule has 3 aromatic rings. The minimum absolute atomic E-state index is 0.107. The fourth-order valence-electron chi connectivity index (χ4n) is 3.62. The maximum atomic E-state index is 13.4. The zero-order valence-electron chi connectivity index (χ0n) is 15.7. The number of amides is 2. The molecule has 0 radical (unpaired) electrons. The molecule has 2 amide bonds. The van der Waals surface area contributed by atoms with Crippen LogP contribution >= 0.6 is 11.3 Å². The second-order valence-corrected chi connectivity index (χ2v) is 8.06. The molecule has 2 aromatic heterocycles. The number of likely N-dealkylation sites (tertiary alicyclic amines) is 1. The Morgan fingerprint density at radius 2 is 2.00 bits per heavy atom. The largest absolute Gasteiger partial charge is 0.459 e. The predicted molar refractivity (Wildman–Crippen MR) is 108 cm³/mol. The molecule has 3 heterocycles. The predicted octanol–water partition coefficient (Wildman–Crippen LogP) is 4.24. The van der Waals surface area contributed by atoms with Gasteiger partial charge in [-0.05, 0) is 54.1 Å². The lowest BCUT2D eigenvalue weighted by atomic mass is 9.95. The minimum Gasteiger partial charge on any atom is -0.459 e. The quantitative estimate of drug-likeness (QED) is 0.682. The monoisotopic (exact) mass is 412 g/mol. The van der Waals surface area contributed by atoms with Crippen molar-refractivity contribution < 1.29 is 18.4 Å². The molecule has 1 aromatic carbocycles. The Morgan fingerprint density at radius 3 is 2.69 bits per heavy atom. The van der Waals surface area contributed by atoms with Crippen molar-refractivity contribution in [2.75, 3.05) is 13.1 Å². The van der Waals surface area contributed by atoms with E-state index in [1.54, 1.807) is 29.2 Å². The van der Waals surface area contributed by atoms with E-state index in [-0.39, 0.29) is 35.4 Å². The van der Waals surface area contributed by atoms with Gasteiger partial charge < -0.3 is 14.6 Å². The molecular formula is C22H21FN2O3S. The van der Waals surface area contributed by atoms with Crippen molar-refractivity contribution in [3.05, 3.63) is 82.2 Å². The van der Waals surface area contributed by atoms with Gasteiger partial charge in [0.15, 0.2) is 5.76 Å². The van der Waals surface area contributed by atoms with Crippen LogP contribution in [0, 0.1) is 11.7 Å². The van der Waals surface area contributed by atoms with Gasteiger partial charge in [0.05, 0.1) is 18.2 Å². The van der Waals surface area contributed by atoms with E-state index in [1.165, 1.54) is 29.7 Å². The summed E-state index contributed by atoms with van der Waals surface area (Å²) < 4.78 is 18.6. The van der Waals surface area contributed by atoms with Crippen molar-refractivity contribution in [1.82, 2.24) is 10.2 Å². The van der Waals surface area contributed by atoms with Crippen LogP contribution in [0.5, 0.6) is 0 Å². The number of furan rings is 1. The molecule has 0 unspecified atom stereocenters. The lowest BCUT2D eigenvalue weighted by Gasteiger charge is -2.32. The lowest BCUT2D eigenvalue weighted by molar-refractivity contribution is -0.126. The average molecular weight is 412 g/mol. The van der Waals surface area contributed by atoms with Crippen LogP contribution in [0.4, 0.5) is 4.39 Å². The maximum absolute atomic E-state index is 13.4. The summed E-state index contributed by atoms with van der Waals surface area (Å²) >= 11 is 1.54. The summed E-state index contributed by atoms with van der Waals surface area (Å²) in [5.74, 6) is -0.630. The van der Waals surface area contributed by atoms with E-state index in [0.717, 1.165) is 16.9 Å². The highest BCUT2D eigenvalue weighted by atomic mass is 32.1. The first-order valence-electron chi connectivity index (χ1n) is 9.54. The van der Waals surface area contributed by atoms with Crippen LogP contribution in [0.15, 0.2) is 64.6 Å². The van der Waals surface area contributed by atoms with Crippen molar-refractivity contribution in [3.8, 4) is 0 Å². The van der Waals surface area contributed by atoms with Gasteiger partial charge in [0, 0.05) is 18.0 Å². The smallest absolute Gasteiger partial charge is 0.289 e. The third kappa shape index (κ3) is 4.40. The Balaban J connectivity index is 1.48. The number of hydrogen-bond donors (Lipinski definition) is 1. The Morgan fingerprint density at radius 1 is 1.17 bits per heavy atom. The van der Waals surface area contributed by atoms with Gasteiger partial charge in [0.1, 0.15) is 5.82 Å². The van der Waals surface area contributed by atoms with E-state index in [1.807, 2.05) is 17.5 Å². The highest BCUT2D eigenvalue weighted by Gasteiger charge is 2.31. The van der Waals surface area contributed by atoms with Gasteiger partial charge in [-0.1, -0.05) is 18.2 Å². The van der Waals surface area contributed by atoms with Crippen LogP contribution in [0.25, 0.3) is 0 Å². The van der Waals surface area contributed by atoms with Crippen LogP contribution in [0.1, 0.15) is 39.9 Å². The van der Waals surface area contributed by atoms with Gasteiger partial charge in [-0.25, -0.2) is 4.39 Å². The number of piperidine rings is 1. The summed E-state index contributed by atoms with van der Waals surface area (Å²) in [5, 5.41) is 5.05. The zero-order valence-corrected chi connectivity index (χ0v) is 16.5. The van der Waals surface area contributed by atoms with E-state index in [9.17, 15) is 14.0 Å². The highest BCUT2D eigenvalue weighted by Crippen LogP contribution is 2.28. The summed E-state index contributed by atoms with van der Waals surface area (Å²) in [6.07, 6.45) is 2.94. The molecule has 150 valence electrons. The van der Waals surface area contributed by atoms with Gasteiger partial charge in [-0.2, -0.15) is 0 Å². The first kappa shape index (κ1) is 19.4. The van der Waals surface area contributed by atoms with Crippen LogP contribution in [0.3, 0.4) is 0 Å². The molecule has 1 N–H and O–H groups in total. The highest BCUT2D eigenvalue weighted by molar-refractivity contribution is 7.10. The molecule has 1 aliphatic rings. The molecule has 0 spiro atoms. The SMILES string of the molecule is O=C(N[C@@H](c1ccc(F)cc1)c1cccs1)[C@@H]1CCCN(C(=O)c2ccco2)C1. The third-order valence-corrected chi connectivity index (χ3v) is 6.07. The first-order valence-corrected chi connectivity index (χ1v) is 10.4. The number of carbonyl (C=O) groups is 2. The zero-order chi connectivity index (χ0) is 20.2. The van der Waals surface area contributed by atoms with Gasteiger partial charge >= 0.3 is 0 Å². The van der Waals surface area contributed by atoms with Crippen molar-refractivity contribution in [2.24, 2.45) is 5.92 Å². The molecule has 0 aliphatic carbocycles. The number of nitrogens with one attached hydrogen (secondary N) is 1. The van der Waals surface area contributed by atoms with Gasteiger partial charge in [-0.3, -0.25) is 9.59 Å². The van der Waals surface area contributed by atoms with E-state index < -0.39 is 0 Å². The van der Waals surface area contributed by atoms with Crippen LogP contribution < -0.4 is 5.32 Å². The normalized spacial score (nSPS) is 17.7. The van der Waals surface area contributed by atoms with E-state index in [4.69, 9.17) is 4.42 Å².